The Balaban J connectivity index is 1.83. The molecule has 1 aliphatic heterocycles. The highest BCUT2D eigenvalue weighted by Gasteiger charge is 2.35. The van der Waals surface area contributed by atoms with Crippen LogP contribution in [0.1, 0.15) is 44.1 Å². The van der Waals surface area contributed by atoms with Crippen LogP contribution in [0.2, 0.25) is 0 Å². The molecule has 2 aromatic heterocycles. The van der Waals surface area contributed by atoms with Gasteiger partial charge in [0.25, 0.3) is 0 Å². The minimum atomic E-state index is -3.63. The van der Waals surface area contributed by atoms with Crippen molar-refractivity contribution in [3.8, 4) is 6.01 Å². The van der Waals surface area contributed by atoms with E-state index in [-0.39, 0.29) is 24.7 Å². The van der Waals surface area contributed by atoms with Crippen LogP contribution in [0.3, 0.4) is 0 Å². The van der Waals surface area contributed by atoms with Crippen LogP contribution < -0.4 is 4.74 Å². The smallest absolute Gasteiger partial charge is 0.316 e. The standard InChI is InChI=1S/C17H25N5O3S/c1-12(2)22-14(4)16(13(3)20-22)26(23,24)21-10-5-7-15(11-21)25-17-18-8-6-9-19-17/h6,8-9,12,15H,5,7,10-11H2,1-4H3. The van der Waals surface area contributed by atoms with Crippen molar-refractivity contribution in [2.45, 2.75) is 57.6 Å². The van der Waals surface area contributed by atoms with Crippen LogP contribution in [0.15, 0.2) is 23.4 Å². The van der Waals surface area contributed by atoms with Crippen molar-refractivity contribution in [2.24, 2.45) is 0 Å². The molecule has 0 N–H and O–H groups in total. The van der Waals surface area contributed by atoms with Crippen molar-refractivity contribution in [3.63, 3.8) is 0 Å². The first-order valence-corrected chi connectivity index (χ1v) is 10.2. The quantitative estimate of drug-likeness (QED) is 0.790. The first kappa shape index (κ1) is 18.8. The Hall–Kier alpha value is -2.00. The lowest BCUT2D eigenvalue weighted by Crippen LogP contribution is -2.44. The predicted octanol–water partition coefficient (Wildman–Crippen LogP) is 2.10. The van der Waals surface area contributed by atoms with E-state index in [1.54, 1.807) is 30.1 Å². The maximum Gasteiger partial charge on any atom is 0.316 e. The van der Waals surface area contributed by atoms with Gasteiger partial charge in [0.1, 0.15) is 11.0 Å². The fraction of sp³-hybridized carbons (Fsp3) is 0.588. The highest BCUT2D eigenvalue weighted by molar-refractivity contribution is 7.89. The SMILES string of the molecule is Cc1nn(C(C)C)c(C)c1S(=O)(=O)N1CCCC(Oc2ncccn2)C1. The van der Waals surface area contributed by atoms with Gasteiger partial charge in [-0.15, -0.1) is 0 Å². The van der Waals surface area contributed by atoms with E-state index >= 15 is 0 Å². The van der Waals surface area contributed by atoms with E-state index < -0.39 is 10.0 Å². The van der Waals surface area contributed by atoms with Crippen LogP contribution in [0.4, 0.5) is 0 Å². The van der Waals surface area contributed by atoms with Gasteiger partial charge in [0.15, 0.2) is 0 Å². The zero-order chi connectivity index (χ0) is 18.9. The van der Waals surface area contributed by atoms with E-state index in [0.717, 1.165) is 12.8 Å². The molecule has 3 heterocycles. The van der Waals surface area contributed by atoms with Crippen LogP contribution >= 0.6 is 0 Å². The molecule has 0 amide bonds. The van der Waals surface area contributed by atoms with Gasteiger partial charge in [0.05, 0.1) is 17.9 Å². The first-order chi connectivity index (χ1) is 12.3. The lowest BCUT2D eigenvalue weighted by Gasteiger charge is -2.31. The molecule has 8 nitrogen and oxygen atoms in total. The van der Waals surface area contributed by atoms with Gasteiger partial charge >= 0.3 is 6.01 Å². The molecule has 0 bridgehead atoms. The number of hydrogen-bond donors (Lipinski definition) is 0. The number of sulfonamides is 1. The summed E-state index contributed by atoms with van der Waals surface area (Å²) in [5.41, 5.74) is 1.21. The van der Waals surface area contributed by atoms with E-state index in [4.69, 9.17) is 4.74 Å². The van der Waals surface area contributed by atoms with Gasteiger partial charge in [-0.3, -0.25) is 4.68 Å². The van der Waals surface area contributed by atoms with Crippen molar-refractivity contribution in [1.29, 1.82) is 0 Å². The molecule has 0 spiro atoms. The fourth-order valence-electron chi connectivity index (χ4n) is 3.37. The number of hydrogen-bond acceptors (Lipinski definition) is 6. The summed E-state index contributed by atoms with van der Waals surface area (Å²) in [6.45, 7) is 8.29. The van der Waals surface area contributed by atoms with Gasteiger partial charge in [-0.2, -0.15) is 9.40 Å². The summed E-state index contributed by atoms with van der Waals surface area (Å²) >= 11 is 0. The summed E-state index contributed by atoms with van der Waals surface area (Å²) in [6.07, 6.45) is 4.45. The minimum absolute atomic E-state index is 0.102. The molecule has 1 atom stereocenters. The van der Waals surface area contributed by atoms with Crippen molar-refractivity contribution in [2.75, 3.05) is 13.1 Å². The second-order valence-electron chi connectivity index (χ2n) is 6.81. The van der Waals surface area contributed by atoms with Crippen molar-refractivity contribution in [3.05, 3.63) is 29.8 Å². The average molecular weight is 379 g/mol. The summed E-state index contributed by atoms with van der Waals surface area (Å²) in [5.74, 6) is 0. The summed E-state index contributed by atoms with van der Waals surface area (Å²) in [5, 5.41) is 4.42. The fourth-order valence-corrected chi connectivity index (χ4v) is 5.24. The Kier molecular flexibility index (Phi) is 5.29. The van der Waals surface area contributed by atoms with Crippen molar-refractivity contribution in [1.82, 2.24) is 24.1 Å². The number of aromatic nitrogens is 4. The van der Waals surface area contributed by atoms with Crippen molar-refractivity contribution >= 4 is 10.0 Å². The van der Waals surface area contributed by atoms with E-state index in [9.17, 15) is 8.42 Å². The molecule has 1 unspecified atom stereocenters. The molecule has 1 aliphatic rings. The molecule has 0 radical (unpaired) electrons. The number of ether oxygens (including phenoxy) is 1. The van der Waals surface area contributed by atoms with Gasteiger partial charge in [0, 0.05) is 25.0 Å². The van der Waals surface area contributed by atoms with Gasteiger partial charge in [-0.25, -0.2) is 18.4 Å². The number of aryl methyl sites for hydroxylation is 1. The molecule has 0 aliphatic carbocycles. The second-order valence-corrected chi connectivity index (χ2v) is 8.69. The summed E-state index contributed by atoms with van der Waals surface area (Å²) in [6, 6.07) is 2.09. The third-order valence-corrected chi connectivity index (χ3v) is 6.62. The third kappa shape index (κ3) is 3.59. The van der Waals surface area contributed by atoms with Crippen LogP contribution in [-0.2, 0) is 10.0 Å². The van der Waals surface area contributed by atoms with Crippen LogP contribution in [-0.4, -0.2) is 51.7 Å². The van der Waals surface area contributed by atoms with Crippen LogP contribution in [0.5, 0.6) is 6.01 Å². The molecule has 3 rings (SSSR count). The molecule has 0 aromatic carbocycles. The molecular weight excluding hydrogens is 354 g/mol. The molecule has 9 heteroatoms. The maximum absolute atomic E-state index is 13.2. The Morgan fingerprint density at radius 2 is 1.92 bits per heavy atom. The summed E-state index contributed by atoms with van der Waals surface area (Å²) < 4.78 is 35.5. The molecular formula is C17H25N5O3S. The summed E-state index contributed by atoms with van der Waals surface area (Å²) in [7, 11) is -3.63. The maximum atomic E-state index is 13.2. The van der Waals surface area contributed by atoms with E-state index in [0.29, 0.717) is 22.8 Å². The normalized spacial score (nSPS) is 19.0. The van der Waals surface area contributed by atoms with Crippen molar-refractivity contribution < 1.29 is 13.2 Å². The molecule has 1 saturated heterocycles. The van der Waals surface area contributed by atoms with E-state index in [2.05, 4.69) is 15.1 Å². The molecule has 26 heavy (non-hydrogen) atoms. The molecule has 1 fully saturated rings. The first-order valence-electron chi connectivity index (χ1n) is 8.80. The monoisotopic (exact) mass is 379 g/mol. The lowest BCUT2D eigenvalue weighted by atomic mass is 10.1. The van der Waals surface area contributed by atoms with E-state index in [1.807, 2.05) is 20.8 Å². The summed E-state index contributed by atoms with van der Waals surface area (Å²) in [4.78, 5) is 8.42. The zero-order valence-electron chi connectivity index (χ0n) is 15.6. The highest BCUT2D eigenvalue weighted by atomic mass is 32.2. The molecule has 0 saturated carbocycles. The Morgan fingerprint density at radius 1 is 1.23 bits per heavy atom. The average Bonchev–Trinajstić information content (AvgIpc) is 2.91. The van der Waals surface area contributed by atoms with Crippen LogP contribution in [0.25, 0.3) is 0 Å². The topological polar surface area (TPSA) is 90.2 Å². The minimum Gasteiger partial charge on any atom is -0.459 e. The molecule has 2 aromatic rings. The molecule has 142 valence electrons. The van der Waals surface area contributed by atoms with Crippen LogP contribution in [0, 0.1) is 13.8 Å². The Bertz CT molecular complexity index is 864. The van der Waals surface area contributed by atoms with Gasteiger partial charge in [0.2, 0.25) is 10.0 Å². The largest absolute Gasteiger partial charge is 0.459 e. The van der Waals surface area contributed by atoms with E-state index in [1.165, 1.54) is 4.31 Å². The number of piperidine rings is 1. The van der Waals surface area contributed by atoms with Gasteiger partial charge in [-0.1, -0.05) is 0 Å². The number of rotatable bonds is 5. The zero-order valence-corrected chi connectivity index (χ0v) is 16.4. The Labute approximate surface area is 154 Å². The Morgan fingerprint density at radius 3 is 2.54 bits per heavy atom. The lowest BCUT2D eigenvalue weighted by molar-refractivity contribution is 0.119. The van der Waals surface area contributed by atoms with Gasteiger partial charge in [-0.05, 0) is 46.6 Å². The second kappa shape index (κ2) is 7.32. The highest BCUT2D eigenvalue weighted by Crippen LogP contribution is 2.28. The predicted molar refractivity (Wildman–Crippen MR) is 96.5 cm³/mol. The van der Waals surface area contributed by atoms with Gasteiger partial charge < -0.3 is 4.74 Å². The number of nitrogens with zero attached hydrogens (tertiary/aromatic N) is 5. The third-order valence-electron chi connectivity index (χ3n) is 4.50.